The lowest BCUT2D eigenvalue weighted by Crippen LogP contribution is -2.31. The molecule has 1 aliphatic heterocycles. The van der Waals surface area contributed by atoms with Crippen LogP contribution in [0.25, 0.3) is 0 Å². The fourth-order valence-electron chi connectivity index (χ4n) is 1.34. The zero-order chi connectivity index (χ0) is 12.3. The molecule has 1 fully saturated rings. The highest BCUT2D eigenvalue weighted by Crippen LogP contribution is 2.29. The van der Waals surface area contributed by atoms with E-state index in [9.17, 15) is 0 Å². The minimum absolute atomic E-state index is 0.00825. The van der Waals surface area contributed by atoms with E-state index in [1.165, 1.54) is 6.21 Å². The standard InChI is InChI=1S/C11H17BN2O2/c1-6-14-7-10(8(2)13)12-15-9(3)11(4,5)16-12/h1,7,9H,13H2,2-5H3/b10-8+,14-7-/t9-/m0/s1. The Hall–Kier alpha value is -1.25. The van der Waals surface area contributed by atoms with E-state index in [2.05, 4.69) is 11.0 Å². The number of nitrogens with two attached hydrogens (primary N) is 1. The number of aliphatic imine (C=N–C) groups is 1. The molecule has 0 bridgehead atoms. The largest absolute Gasteiger partial charge is 0.498 e. The highest BCUT2D eigenvalue weighted by molar-refractivity contribution is 6.60. The van der Waals surface area contributed by atoms with Gasteiger partial charge < -0.3 is 15.0 Å². The molecule has 1 aliphatic rings. The molecule has 0 aromatic carbocycles. The third-order valence-corrected chi connectivity index (χ3v) is 2.70. The molecule has 1 saturated heterocycles. The molecule has 1 rings (SSSR count). The van der Waals surface area contributed by atoms with Gasteiger partial charge in [-0.25, -0.2) is 4.99 Å². The molecule has 0 saturated carbocycles. The lowest BCUT2D eigenvalue weighted by atomic mass is 9.77. The monoisotopic (exact) mass is 220 g/mol. The Balaban J connectivity index is 2.90. The second-order valence-corrected chi connectivity index (χ2v) is 4.36. The predicted octanol–water partition coefficient (Wildman–Crippen LogP) is 1.12. The second kappa shape index (κ2) is 4.73. The third kappa shape index (κ3) is 2.66. The molecule has 0 aliphatic carbocycles. The van der Waals surface area contributed by atoms with E-state index in [1.807, 2.05) is 20.8 Å². The molecule has 0 unspecified atom stereocenters. The van der Waals surface area contributed by atoms with Gasteiger partial charge in [-0.2, -0.15) is 0 Å². The maximum atomic E-state index is 5.76. The Morgan fingerprint density at radius 1 is 1.62 bits per heavy atom. The van der Waals surface area contributed by atoms with Crippen LogP contribution >= 0.6 is 0 Å². The van der Waals surface area contributed by atoms with Gasteiger partial charge in [0.25, 0.3) is 0 Å². The highest BCUT2D eigenvalue weighted by atomic mass is 16.7. The number of hydrogen-bond donors (Lipinski definition) is 1. The summed E-state index contributed by atoms with van der Waals surface area (Å²) in [5.41, 5.74) is 6.68. The summed E-state index contributed by atoms with van der Waals surface area (Å²) < 4.78 is 11.4. The number of terminal acetylenes is 1. The lowest BCUT2D eigenvalue weighted by molar-refractivity contribution is 0.0842. The second-order valence-electron chi connectivity index (χ2n) is 4.36. The van der Waals surface area contributed by atoms with Crippen molar-refractivity contribution in [2.75, 3.05) is 0 Å². The molecular formula is C11H17BN2O2. The van der Waals surface area contributed by atoms with Crippen molar-refractivity contribution in [1.29, 1.82) is 0 Å². The average molecular weight is 220 g/mol. The van der Waals surface area contributed by atoms with E-state index >= 15 is 0 Å². The van der Waals surface area contributed by atoms with Gasteiger partial charge in [-0.15, -0.1) is 0 Å². The molecule has 1 atom stereocenters. The summed E-state index contributed by atoms with van der Waals surface area (Å²) >= 11 is 0. The van der Waals surface area contributed by atoms with Gasteiger partial charge in [-0.1, -0.05) is 6.42 Å². The predicted molar refractivity (Wildman–Crippen MR) is 65.7 cm³/mol. The van der Waals surface area contributed by atoms with Crippen LogP contribution < -0.4 is 5.73 Å². The van der Waals surface area contributed by atoms with Gasteiger partial charge in [0.2, 0.25) is 0 Å². The Morgan fingerprint density at radius 2 is 2.25 bits per heavy atom. The molecule has 16 heavy (non-hydrogen) atoms. The zero-order valence-corrected chi connectivity index (χ0v) is 10.2. The molecule has 1 heterocycles. The molecule has 0 amide bonds. The molecule has 0 aromatic heterocycles. The van der Waals surface area contributed by atoms with Gasteiger partial charge in [0.1, 0.15) is 0 Å². The number of allylic oxidation sites excluding steroid dienone is 2. The van der Waals surface area contributed by atoms with Crippen LogP contribution in [0.15, 0.2) is 16.2 Å². The summed E-state index contributed by atoms with van der Waals surface area (Å²) in [7, 11) is -0.493. The van der Waals surface area contributed by atoms with E-state index in [1.54, 1.807) is 6.92 Å². The smallest absolute Gasteiger partial charge is 0.402 e. The zero-order valence-electron chi connectivity index (χ0n) is 10.2. The van der Waals surface area contributed by atoms with Crippen molar-refractivity contribution in [1.82, 2.24) is 0 Å². The van der Waals surface area contributed by atoms with Crippen molar-refractivity contribution in [3.05, 3.63) is 11.2 Å². The van der Waals surface area contributed by atoms with Crippen molar-refractivity contribution < 1.29 is 9.31 Å². The summed E-state index contributed by atoms with van der Waals surface area (Å²) in [6.07, 6.45) is 6.56. The topological polar surface area (TPSA) is 56.8 Å². The Kier molecular flexibility index (Phi) is 3.79. The van der Waals surface area contributed by atoms with Gasteiger partial charge in [-0.3, -0.25) is 0 Å². The number of hydrogen-bond acceptors (Lipinski definition) is 4. The van der Waals surface area contributed by atoms with Gasteiger partial charge in [0.05, 0.1) is 11.7 Å². The number of nitrogens with zero attached hydrogens (tertiary/aromatic N) is 1. The summed E-state index contributed by atoms with van der Waals surface area (Å²) in [6, 6.07) is 2.18. The lowest BCUT2D eigenvalue weighted by Gasteiger charge is -2.21. The first-order valence-electron chi connectivity index (χ1n) is 5.16. The minimum atomic E-state index is -0.493. The van der Waals surface area contributed by atoms with E-state index in [4.69, 9.17) is 21.5 Å². The molecule has 2 N–H and O–H groups in total. The third-order valence-electron chi connectivity index (χ3n) is 2.70. The molecular weight excluding hydrogens is 203 g/mol. The van der Waals surface area contributed by atoms with E-state index in [0.29, 0.717) is 11.2 Å². The van der Waals surface area contributed by atoms with Crippen molar-refractivity contribution in [3.8, 4) is 12.5 Å². The molecule has 4 nitrogen and oxygen atoms in total. The Bertz CT molecular complexity index is 365. The summed E-state index contributed by atoms with van der Waals surface area (Å²) in [4.78, 5) is 3.72. The van der Waals surface area contributed by atoms with E-state index < -0.39 is 7.12 Å². The fraction of sp³-hybridized carbons (Fsp3) is 0.545. The summed E-state index contributed by atoms with van der Waals surface area (Å²) in [5.74, 6) is 0. The van der Waals surface area contributed by atoms with Crippen LogP contribution in [0.3, 0.4) is 0 Å². The maximum Gasteiger partial charge on any atom is 0.498 e. The minimum Gasteiger partial charge on any atom is -0.402 e. The van der Waals surface area contributed by atoms with Crippen LogP contribution in [0.4, 0.5) is 0 Å². The van der Waals surface area contributed by atoms with Crippen molar-refractivity contribution in [2.45, 2.75) is 39.4 Å². The van der Waals surface area contributed by atoms with Crippen LogP contribution in [-0.2, 0) is 9.31 Å². The Morgan fingerprint density at radius 3 is 2.62 bits per heavy atom. The molecule has 5 heteroatoms. The van der Waals surface area contributed by atoms with Crippen LogP contribution in [0.1, 0.15) is 27.7 Å². The maximum absolute atomic E-state index is 5.76. The first kappa shape index (κ1) is 12.8. The highest BCUT2D eigenvalue weighted by Gasteiger charge is 2.44. The number of rotatable bonds is 2. The van der Waals surface area contributed by atoms with Gasteiger partial charge >= 0.3 is 7.12 Å². The van der Waals surface area contributed by atoms with Crippen LogP contribution in [0.5, 0.6) is 0 Å². The fourth-order valence-corrected chi connectivity index (χ4v) is 1.34. The van der Waals surface area contributed by atoms with Crippen LogP contribution in [0.2, 0.25) is 0 Å². The van der Waals surface area contributed by atoms with Crippen molar-refractivity contribution in [3.63, 3.8) is 0 Å². The Labute approximate surface area is 97.0 Å². The molecule has 0 aromatic rings. The first-order chi connectivity index (χ1) is 7.38. The van der Waals surface area contributed by atoms with Crippen LogP contribution in [-0.4, -0.2) is 25.0 Å². The van der Waals surface area contributed by atoms with Gasteiger partial charge in [-0.05, 0) is 27.7 Å². The summed E-state index contributed by atoms with van der Waals surface area (Å²) in [6.45, 7) is 7.67. The van der Waals surface area contributed by atoms with E-state index in [0.717, 1.165) is 0 Å². The van der Waals surface area contributed by atoms with Gasteiger partial charge in [0, 0.05) is 23.4 Å². The van der Waals surface area contributed by atoms with Gasteiger partial charge in [0.15, 0.2) is 0 Å². The van der Waals surface area contributed by atoms with Crippen LogP contribution in [0, 0.1) is 12.5 Å². The quantitative estimate of drug-likeness (QED) is 0.431. The first-order valence-corrected chi connectivity index (χ1v) is 5.16. The normalized spacial score (nSPS) is 25.7. The average Bonchev–Trinajstić information content (AvgIpc) is 2.41. The molecule has 86 valence electrons. The van der Waals surface area contributed by atoms with Crippen molar-refractivity contribution >= 4 is 13.3 Å². The molecule has 0 spiro atoms. The summed E-state index contributed by atoms with van der Waals surface area (Å²) in [5, 5.41) is 0. The SMILES string of the molecule is C#C/N=C\C(B1O[C@@H](C)C(C)(C)O1)=C(\C)N. The van der Waals surface area contributed by atoms with Crippen molar-refractivity contribution in [2.24, 2.45) is 10.7 Å². The molecule has 0 radical (unpaired) electrons. The van der Waals surface area contributed by atoms with E-state index in [-0.39, 0.29) is 11.7 Å².